The lowest BCUT2D eigenvalue weighted by Gasteiger charge is -2.10. The molecule has 9 heteroatoms. The molecule has 0 bridgehead atoms. The second-order valence-corrected chi connectivity index (χ2v) is 6.97. The number of halogens is 1. The van der Waals surface area contributed by atoms with Crippen molar-refractivity contribution in [1.29, 1.82) is 0 Å². The summed E-state index contributed by atoms with van der Waals surface area (Å²) in [5, 5.41) is 5.35. The van der Waals surface area contributed by atoms with Crippen LogP contribution in [0.25, 0.3) is 0 Å². The van der Waals surface area contributed by atoms with E-state index in [1.165, 1.54) is 6.20 Å². The number of aromatic nitrogens is 2. The first kappa shape index (κ1) is 20.6. The molecule has 0 aliphatic rings. The first-order chi connectivity index (χ1) is 14.0. The lowest BCUT2D eigenvalue weighted by atomic mass is 10.2. The summed E-state index contributed by atoms with van der Waals surface area (Å²) in [6, 6.07) is 17.3. The van der Waals surface area contributed by atoms with E-state index in [2.05, 4.69) is 36.5 Å². The number of esters is 1. The van der Waals surface area contributed by atoms with Crippen molar-refractivity contribution in [3.05, 3.63) is 88.2 Å². The highest BCUT2D eigenvalue weighted by atomic mass is 79.9. The van der Waals surface area contributed by atoms with Crippen LogP contribution in [0, 0.1) is 0 Å². The van der Waals surface area contributed by atoms with Crippen LogP contribution in [0.3, 0.4) is 0 Å². The third-order valence-corrected chi connectivity index (χ3v) is 4.52. The summed E-state index contributed by atoms with van der Waals surface area (Å²) in [5.41, 5.74) is 1.37. The van der Waals surface area contributed by atoms with E-state index in [1.54, 1.807) is 48.5 Å². The van der Waals surface area contributed by atoms with Gasteiger partial charge >= 0.3 is 5.97 Å². The van der Waals surface area contributed by atoms with Gasteiger partial charge in [0.1, 0.15) is 6.61 Å². The van der Waals surface area contributed by atoms with Gasteiger partial charge in [0.25, 0.3) is 5.91 Å². The van der Waals surface area contributed by atoms with Crippen molar-refractivity contribution in [1.82, 2.24) is 15.3 Å². The zero-order valence-electron chi connectivity index (χ0n) is 15.0. The predicted octanol–water partition coefficient (Wildman–Crippen LogP) is 3.72. The Hall–Kier alpha value is -3.17. The highest BCUT2D eigenvalue weighted by Gasteiger charge is 2.12. The SMILES string of the molecule is O=C(NC(=S)Nc1ncc(Br)c(COC(=O)c2ccccc2)n1)c1ccccc1. The summed E-state index contributed by atoms with van der Waals surface area (Å²) >= 11 is 8.47. The molecule has 0 spiro atoms. The van der Waals surface area contributed by atoms with Crippen molar-refractivity contribution >= 4 is 51.1 Å². The van der Waals surface area contributed by atoms with Gasteiger partial charge in [0.15, 0.2) is 5.11 Å². The van der Waals surface area contributed by atoms with E-state index in [-0.39, 0.29) is 23.6 Å². The second-order valence-electron chi connectivity index (χ2n) is 5.70. The van der Waals surface area contributed by atoms with E-state index >= 15 is 0 Å². The number of hydrogen-bond donors (Lipinski definition) is 2. The zero-order valence-corrected chi connectivity index (χ0v) is 17.4. The van der Waals surface area contributed by atoms with Gasteiger partial charge in [-0.2, -0.15) is 0 Å². The fraction of sp³-hybridized carbons (Fsp3) is 0.0500. The van der Waals surface area contributed by atoms with E-state index in [0.29, 0.717) is 21.3 Å². The Bertz CT molecular complexity index is 1030. The minimum atomic E-state index is -0.462. The van der Waals surface area contributed by atoms with E-state index in [0.717, 1.165) is 0 Å². The number of anilines is 1. The Morgan fingerprint density at radius 2 is 1.62 bits per heavy atom. The van der Waals surface area contributed by atoms with Crippen LogP contribution in [-0.4, -0.2) is 27.0 Å². The number of nitrogens with one attached hydrogen (secondary N) is 2. The molecular formula is C20H15BrN4O3S. The van der Waals surface area contributed by atoms with Gasteiger partial charge in [0.05, 0.1) is 15.7 Å². The summed E-state index contributed by atoms with van der Waals surface area (Å²) < 4.78 is 5.86. The topological polar surface area (TPSA) is 93.2 Å². The minimum absolute atomic E-state index is 0.0494. The molecule has 0 atom stereocenters. The van der Waals surface area contributed by atoms with Crippen molar-refractivity contribution < 1.29 is 14.3 Å². The Kier molecular flexibility index (Phi) is 6.99. The van der Waals surface area contributed by atoms with E-state index in [1.807, 2.05) is 12.1 Å². The molecule has 0 unspecified atom stereocenters. The third kappa shape index (κ3) is 5.90. The highest BCUT2D eigenvalue weighted by Crippen LogP contribution is 2.17. The molecule has 0 radical (unpaired) electrons. The standard InChI is InChI=1S/C20H15BrN4O3S/c21-15-11-22-19(25-20(29)24-17(26)13-7-3-1-4-8-13)23-16(15)12-28-18(27)14-9-5-2-6-10-14/h1-11H,12H2,(H2,22,23,24,25,26,29). The van der Waals surface area contributed by atoms with Crippen LogP contribution in [0.4, 0.5) is 5.95 Å². The van der Waals surface area contributed by atoms with Crippen molar-refractivity contribution in [2.24, 2.45) is 0 Å². The normalized spacial score (nSPS) is 10.1. The third-order valence-electron chi connectivity index (χ3n) is 3.65. The van der Waals surface area contributed by atoms with Crippen LogP contribution >= 0.6 is 28.1 Å². The Labute approximate surface area is 180 Å². The fourth-order valence-corrected chi connectivity index (χ4v) is 2.74. The number of carbonyl (C=O) groups is 2. The summed E-state index contributed by atoms with van der Waals surface area (Å²) in [6.07, 6.45) is 1.50. The maximum absolute atomic E-state index is 12.1. The van der Waals surface area contributed by atoms with Gasteiger partial charge in [-0.1, -0.05) is 36.4 Å². The van der Waals surface area contributed by atoms with Gasteiger partial charge < -0.3 is 10.1 Å². The van der Waals surface area contributed by atoms with Gasteiger partial charge in [-0.15, -0.1) is 0 Å². The van der Waals surface area contributed by atoms with Gasteiger partial charge in [-0.3, -0.25) is 10.1 Å². The van der Waals surface area contributed by atoms with Crippen LogP contribution in [-0.2, 0) is 11.3 Å². The number of hydrogen-bond acceptors (Lipinski definition) is 6. The monoisotopic (exact) mass is 470 g/mol. The van der Waals surface area contributed by atoms with Crippen LogP contribution < -0.4 is 10.6 Å². The van der Waals surface area contributed by atoms with Crippen LogP contribution in [0.5, 0.6) is 0 Å². The molecule has 0 saturated heterocycles. The molecule has 1 heterocycles. The lowest BCUT2D eigenvalue weighted by molar-refractivity contribution is 0.0466. The number of amides is 1. The molecule has 0 fully saturated rings. The number of rotatable bonds is 5. The number of thiocarbonyl (C=S) groups is 1. The first-order valence-corrected chi connectivity index (χ1v) is 9.64. The lowest BCUT2D eigenvalue weighted by Crippen LogP contribution is -2.34. The molecule has 0 aliphatic carbocycles. The molecule has 146 valence electrons. The number of benzene rings is 2. The largest absolute Gasteiger partial charge is 0.456 e. The van der Waals surface area contributed by atoms with Crippen LogP contribution in [0.2, 0.25) is 0 Å². The Morgan fingerprint density at radius 3 is 2.28 bits per heavy atom. The number of carbonyl (C=O) groups excluding carboxylic acids is 2. The molecule has 3 aromatic rings. The summed E-state index contributed by atoms with van der Waals surface area (Å²) in [4.78, 5) is 32.6. The predicted molar refractivity (Wildman–Crippen MR) is 115 cm³/mol. The van der Waals surface area contributed by atoms with E-state index in [9.17, 15) is 9.59 Å². The molecule has 29 heavy (non-hydrogen) atoms. The van der Waals surface area contributed by atoms with E-state index < -0.39 is 5.97 Å². The molecule has 3 rings (SSSR count). The number of nitrogens with zero attached hydrogens (tertiary/aromatic N) is 2. The maximum atomic E-state index is 12.1. The minimum Gasteiger partial charge on any atom is -0.456 e. The zero-order chi connectivity index (χ0) is 20.6. The van der Waals surface area contributed by atoms with Gasteiger partial charge in [0.2, 0.25) is 5.95 Å². The Morgan fingerprint density at radius 1 is 1.00 bits per heavy atom. The van der Waals surface area contributed by atoms with Gasteiger partial charge in [-0.05, 0) is 52.4 Å². The van der Waals surface area contributed by atoms with Crippen molar-refractivity contribution in [2.45, 2.75) is 6.61 Å². The molecule has 2 aromatic carbocycles. The van der Waals surface area contributed by atoms with Crippen molar-refractivity contribution in [2.75, 3.05) is 5.32 Å². The molecule has 1 amide bonds. The van der Waals surface area contributed by atoms with E-state index in [4.69, 9.17) is 17.0 Å². The Balaban J connectivity index is 1.60. The van der Waals surface area contributed by atoms with Gasteiger partial charge in [-0.25, -0.2) is 14.8 Å². The molecule has 7 nitrogen and oxygen atoms in total. The summed E-state index contributed by atoms with van der Waals surface area (Å²) in [5.74, 6) is -0.647. The summed E-state index contributed by atoms with van der Waals surface area (Å²) in [6.45, 7) is -0.0609. The second kappa shape index (κ2) is 9.85. The average Bonchev–Trinajstić information content (AvgIpc) is 2.75. The fourth-order valence-electron chi connectivity index (χ4n) is 2.25. The number of ether oxygens (including phenoxy) is 1. The smallest absolute Gasteiger partial charge is 0.338 e. The van der Waals surface area contributed by atoms with Crippen molar-refractivity contribution in [3.63, 3.8) is 0 Å². The van der Waals surface area contributed by atoms with Crippen LogP contribution in [0.15, 0.2) is 71.3 Å². The van der Waals surface area contributed by atoms with Crippen LogP contribution in [0.1, 0.15) is 26.4 Å². The molecule has 1 aromatic heterocycles. The molecule has 0 aliphatic heterocycles. The van der Waals surface area contributed by atoms with Gasteiger partial charge in [0, 0.05) is 11.8 Å². The molecule has 2 N–H and O–H groups in total. The average molecular weight is 471 g/mol. The summed E-state index contributed by atoms with van der Waals surface area (Å²) in [7, 11) is 0. The first-order valence-electron chi connectivity index (χ1n) is 8.44. The van der Waals surface area contributed by atoms with Crippen molar-refractivity contribution in [3.8, 4) is 0 Å². The highest BCUT2D eigenvalue weighted by molar-refractivity contribution is 9.10. The molecular weight excluding hydrogens is 456 g/mol. The maximum Gasteiger partial charge on any atom is 0.338 e. The molecule has 0 saturated carbocycles. The quantitative estimate of drug-likeness (QED) is 0.433.